The lowest BCUT2D eigenvalue weighted by Crippen LogP contribution is -2.38. The molecule has 0 saturated carbocycles. The molecule has 6 heteroatoms. The highest BCUT2D eigenvalue weighted by Crippen LogP contribution is 2.21. The molecule has 0 saturated heterocycles. The molecule has 2 rings (SSSR count). The van der Waals surface area contributed by atoms with Gasteiger partial charge in [-0.1, -0.05) is 41.9 Å². The van der Waals surface area contributed by atoms with E-state index in [9.17, 15) is 0 Å². The van der Waals surface area contributed by atoms with Gasteiger partial charge in [0, 0.05) is 18.1 Å². The molecule has 0 aliphatic carbocycles. The van der Waals surface area contributed by atoms with Crippen molar-refractivity contribution in [3.63, 3.8) is 0 Å². The molecule has 1 aromatic heterocycles. The summed E-state index contributed by atoms with van der Waals surface area (Å²) in [5, 5.41) is 11.2. The number of nitrogens with one attached hydrogen (secondary N) is 2. The zero-order chi connectivity index (χ0) is 15.9. The number of hydrogen-bond donors (Lipinski definition) is 2. The third-order valence-electron chi connectivity index (χ3n) is 3.35. The van der Waals surface area contributed by atoms with Crippen LogP contribution in [0, 0.1) is 0 Å². The molecule has 22 heavy (non-hydrogen) atoms. The lowest BCUT2D eigenvalue weighted by atomic mass is 10.1. The van der Waals surface area contributed by atoms with E-state index >= 15 is 0 Å². The van der Waals surface area contributed by atoms with Crippen molar-refractivity contribution in [2.45, 2.75) is 32.9 Å². The number of aromatic nitrogens is 1. The molecule has 1 heterocycles. The highest BCUT2D eigenvalue weighted by molar-refractivity contribution is 6.31. The second kappa shape index (κ2) is 7.84. The zero-order valence-electron chi connectivity index (χ0n) is 13.1. The Kier molecular flexibility index (Phi) is 5.83. The molecule has 0 amide bonds. The van der Waals surface area contributed by atoms with E-state index in [0.29, 0.717) is 12.5 Å². The Morgan fingerprint density at radius 2 is 2.18 bits per heavy atom. The van der Waals surface area contributed by atoms with Crippen LogP contribution >= 0.6 is 11.6 Å². The fourth-order valence-corrected chi connectivity index (χ4v) is 2.38. The Bertz CT molecular complexity index is 639. The maximum absolute atomic E-state index is 6.21. The van der Waals surface area contributed by atoms with E-state index in [-0.39, 0.29) is 6.04 Å². The van der Waals surface area contributed by atoms with Crippen molar-refractivity contribution in [2.24, 2.45) is 4.99 Å². The molecule has 0 aliphatic heterocycles. The number of rotatable bonds is 5. The van der Waals surface area contributed by atoms with Crippen molar-refractivity contribution < 1.29 is 4.52 Å². The molecular formula is C16H21ClN4O. The monoisotopic (exact) mass is 320 g/mol. The largest absolute Gasteiger partial charge is 0.359 e. The van der Waals surface area contributed by atoms with Gasteiger partial charge in [0.25, 0.3) is 0 Å². The average molecular weight is 321 g/mol. The number of hydrogen-bond acceptors (Lipinski definition) is 3. The lowest BCUT2D eigenvalue weighted by molar-refractivity contribution is 0.374. The van der Waals surface area contributed by atoms with Crippen LogP contribution in [0.5, 0.6) is 0 Å². The van der Waals surface area contributed by atoms with Gasteiger partial charge in [0.2, 0.25) is 0 Å². The summed E-state index contributed by atoms with van der Waals surface area (Å²) in [5.41, 5.74) is 1.98. The van der Waals surface area contributed by atoms with Crippen LogP contribution in [0.3, 0.4) is 0 Å². The van der Waals surface area contributed by atoms with Crippen molar-refractivity contribution in [2.75, 3.05) is 7.05 Å². The van der Waals surface area contributed by atoms with Gasteiger partial charge >= 0.3 is 0 Å². The Hall–Kier alpha value is -2.01. The molecule has 0 bridgehead atoms. The van der Waals surface area contributed by atoms with Crippen LogP contribution in [-0.2, 0) is 13.0 Å². The van der Waals surface area contributed by atoms with Gasteiger partial charge in [-0.05, 0) is 25.0 Å². The van der Waals surface area contributed by atoms with Gasteiger partial charge in [-0.25, -0.2) is 0 Å². The van der Waals surface area contributed by atoms with Crippen LogP contribution in [0.1, 0.15) is 36.9 Å². The minimum absolute atomic E-state index is 0.0424. The second-order valence-corrected chi connectivity index (χ2v) is 5.36. The van der Waals surface area contributed by atoms with E-state index in [1.54, 1.807) is 7.05 Å². The SMILES string of the molecule is CCc1cc(CNC(=NC)NC(C)c2ccccc2Cl)on1. The summed E-state index contributed by atoms with van der Waals surface area (Å²) >= 11 is 6.21. The summed E-state index contributed by atoms with van der Waals surface area (Å²) in [6.45, 7) is 4.61. The molecule has 0 spiro atoms. The first-order valence-corrected chi connectivity index (χ1v) is 7.68. The maximum Gasteiger partial charge on any atom is 0.191 e. The second-order valence-electron chi connectivity index (χ2n) is 4.95. The van der Waals surface area contributed by atoms with Crippen molar-refractivity contribution in [3.8, 4) is 0 Å². The summed E-state index contributed by atoms with van der Waals surface area (Å²) in [5.74, 6) is 1.46. The molecule has 0 radical (unpaired) electrons. The predicted octanol–water partition coefficient (Wildman–Crippen LogP) is 3.32. The minimum Gasteiger partial charge on any atom is -0.359 e. The number of aryl methyl sites for hydroxylation is 1. The average Bonchev–Trinajstić information content (AvgIpc) is 2.99. The summed E-state index contributed by atoms with van der Waals surface area (Å²) in [6, 6.07) is 9.75. The Morgan fingerprint density at radius 1 is 1.41 bits per heavy atom. The smallest absolute Gasteiger partial charge is 0.191 e. The van der Waals surface area contributed by atoms with Crippen molar-refractivity contribution in [3.05, 3.63) is 52.4 Å². The molecular weight excluding hydrogens is 300 g/mol. The molecule has 2 N–H and O–H groups in total. The maximum atomic E-state index is 6.21. The highest BCUT2D eigenvalue weighted by Gasteiger charge is 2.11. The summed E-state index contributed by atoms with van der Waals surface area (Å²) in [4.78, 5) is 4.21. The quantitative estimate of drug-likeness (QED) is 0.655. The van der Waals surface area contributed by atoms with Gasteiger partial charge in [-0.15, -0.1) is 0 Å². The van der Waals surface area contributed by atoms with E-state index in [4.69, 9.17) is 16.1 Å². The Labute approximate surface area is 135 Å². The first kappa shape index (κ1) is 16.4. The third-order valence-corrected chi connectivity index (χ3v) is 3.69. The molecule has 0 fully saturated rings. The molecule has 1 unspecified atom stereocenters. The van der Waals surface area contributed by atoms with E-state index in [0.717, 1.165) is 28.5 Å². The van der Waals surface area contributed by atoms with Crippen molar-refractivity contribution in [1.82, 2.24) is 15.8 Å². The van der Waals surface area contributed by atoms with Crippen LogP contribution in [-0.4, -0.2) is 18.2 Å². The first-order chi connectivity index (χ1) is 10.6. The van der Waals surface area contributed by atoms with E-state index in [2.05, 4.69) is 20.8 Å². The first-order valence-electron chi connectivity index (χ1n) is 7.30. The van der Waals surface area contributed by atoms with Gasteiger partial charge < -0.3 is 15.2 Å². The van der Waals surface area contributed by atoms with Gasteiger partial charge in [0.05, 0.1) is 18.3 Å². The van der Waals surface area contributed by atoms with Crippen LogP contribution in [0.2, 0.25) is 5.02 Å². The number of benzene rings is 1. The Morgan fingerprint density at radius 3 is 2.82 bits per heavy atom. The minimum atomic E-state index is 0.0424. The normalized spacial score (nSPS) is 13.0. The zero-order valence-corrected chi connectivity index (χ0v) is 13.8. The van der Waals surface area contributed by atoms with Crippen LogP contribution in [0.4, 0.5) is 0 Å². The van der Waals surface area contributed by atoms with E-state index in [1.165, 1.54) is 0 Å². The fraction of sp³-hybridized carbons (Fsp3) is 0.375. The molecule has 1 aromatic carbocycles. The summed E-state index contributed by atoms with van der Waals surface area (Å²) in [6.07, 6.45) is 0.861. The van der Waals surface area contributed by atoms with Gasteiger partial charge in [-0.3, -0.25) is 4.99 Å². The Balaban J connectivity index is 1.93. The van der Waals surface area contributed by atoms with Crippen molar-refractivity contribution >= 4 is 17.6 Å². The molecule has 1 atom stereocenters. The molecule has 0 aliphatic rings. The fourth-order valence-electron chi connectivity index (χ4n) is 2.08. The molecule has 2 aromatic rings. The standard InChI is InChI=1S/C16H21ClN4O/c1-4-12-9-13(22-21-12)10-19-16(18-3)20-11(2)14-7-5-6-8-15(14)17/h5-9,11H,4,10H2,1-3H3,(H2,18,19,20). The van der Waals surface area contributed by atoms with Crippen LogP contribution in [0.25, 0.3) is 0 Å². The molecule has 118 valence electrons. The number of guanidine groups is 1. The summed E-state index contributed by atoms with van der Waals surface area (Å²) < 4.78 is 5.24. The van der Waals surface area contributed by atoms with Gasteiger partial charge in [-0.2, -0.15) is 0 Å². The highest BCUT2D eigenvalue weighted by atomic mass is 35.5. The number of nitrogens with zero attached hydrogens (tertiary/aromatic N) is 2. The number of halogens is 1. The third kappa shape index (κ3) is 4.24. The summed E-state index contributed by atoms with van der Waals surface area (Å²) in [7, 11) is 1.73. The molecule has 5 nitrogen and oxygen atoms in total. The lowest BCUT2D eigenvalue weighted by Gasteiger charge is -2.18. The van der Waals surface area contributed by atoms with Crippen LogP contribution in [0.15, 0.2) is 39.8 Å². The van der Waals surface area contributed by atoms with E-state index < -0.39 is 0 Å². The number of aliphatic imine (C=N–C) groups is 1. The van der Waals surface area contributed by atoms with Gasteiger partial charge in [0.1, 0.15) is 0 Å². The topological polar surface area (TPSA) is 62.5 Å². The van der Waals surface area contributed by atoms with Gasteiger partial charge in [0.15, 0.2) is 11.7 Å². The van der Waals surface area contributed by atoms with Crippen LogP contribution < -0.4 is 10.6 Å². The predicted molar refractivity (Wildman–Crippen MR) is 89.1 cm³/mol. The van der Waals surface area contributed by atoms with Crippen molar-refractivity contribution in [1.29, 1.82) is 0 Å². The van der Waals surface area contributed by atoms with E-state index in [1.807, 2.05) is 44.2 Å².